The van der Waals surface area contributed by atoms with Gasteiger partial charge in [-0.3, -0.25) is 18.6 Å². The second-order valence-corrected chi connectivity index (χ2v) is 13.5. The number of ether oxygens (including phenoxy) is 2. The first kappa shape index (κ1) is 46.0. The monoisotopic (exact) mass is 697 g/mol. The summed E-state index contributed by atoms with van der Waals surface area (Å²) in [6, 6.07) is 0. The number of hydrogen-bond donors (Lipinski definition) is 2. The van der Waals surface area contributed by atoms with Crippen molar-refractivity contribution in [1.82, 2.24) is 0 Å². The minimum Gasteiger partial charge on any atom is -0.462 e. The number of rotatable bonds is 34. The standard InChI is InChI=1S/C38H68NO8P/c1-3-5-7-9-11-13-15-17-18-19-21-23-25-27-29-31-38(41)47-36(35-46-48(42,43)45-33-32-39)34-44-37(40)30-28-26-24-22-20-16-14-12-10-8-6-4-2/h5,7,11,13,17-18,21,23,36H,3-4,6,8-10,12,14-16,19-20,22,24-35,39H2,1-2H3,(H,42,43). The smallest absolute Gasteiger partial charge is 0.462 e. The highest BCUT2D eigenvalue weighted by Gasteiger charge is 2.25. The summed E-state index contributed by atoms with van der Waals surface area (Å²) in [7, 11) is -4.38. The minimum absolute atomic E-state index is 0.0456. The maximum Gasteiger partial charge on any atom is 0.472 e. The molecule has 0 aromatic rings. The maximum atomic E-state index is 12.5. The average molecular weight is 698 g/mol. The molecule has 10 heteroatoms. The highest BCUT2D eigenvalue weighted by atomic mass is 31.2. The summed E-state index contributed by atoms with van der Waals surface area (Å²) in [5, 5.41) is 0. The van der Waals surface area contributed by atoms with Crippen LogP contribution in [0.25, 0.3) is 0 Å². The van der Waals surface area contributed by atoms with E-state index in [-0.39, 0.29) is 32.6 Å². The van der Waals surface area contributed by atoms with Crippen molar-refractivity contribution in [2.75, 3.05) is 26.4 Å². The van der Waals surface area contributed by atoms with Gasteiger partial charge in [0, 0.05) is 19.4 Å². The Balaban J connectivity index is 4.32. The second-order valence-electron chi connectivity index (χ2n) is 12.1. The molecule has 9 nitrogen and oxygen atoms in total. The second kappa shape index (κ2) is 34.8. The largest absolute Gasteiger partial charge is 0.472 e. The molecule has 0 rings (SSSR count). The van der Waals surface area contributed by atoms with E-state index in [1.54, 1.807) is 0 Å². The third-order valence-electron chi connectivity index (χ3n) is 7.48. The lowest BCUT2D eigenvalue weighted by molar-refractivity contribution is -0.161. The summed E-state index contributed by atoms with van der Waals surface area (Å²) in [5.74, 6) is -0.881. The fourth-order valence-electron chi connectivity index (χ4n) is 4.74. The van der Waals surface area contributed by atoms with Gasteiger partial charge in [0.1, 0.15) is 6.61 Å². The minimum atomic E-state index is -4.38. The fourth-order valence-corrected chi connectivity index (χ4v) is 5.51. The Morgan fingerprint density at radius 2 is 1.15 bits per heavy atom. The van der Waals surface area contributed by atoms with Crippen molar-refractivity contribution < 1.29 is 37.6 Å². The summed E-state index contributed by atoms with van der Waals surface area (Å²) in [6.07, 6.45) is 37.2. The van der Waals surface area contributed by atoms with E-state index in [1.807, 2.05) is 0 Å². The van der Waals surface area contributed by atoms with Crippen LogP contribution in [-0.2, 0) is 32.7 Å². The molecule has 0 bridgehead atoms. The molecule has 0 heterocycles. The van der Waals surface area contributed by atoms with Crippen molar-refractivity contribution >= 4 is 19.8 Å². The van der Waals surface area contributed by atoms with Gasteiger partial charge in [-0.2, -0.15) is 0 Å². The Hall–Kier alpha value is -2.03. The van der Waals surface area contributed by atoms with Gasteiger partial charge in [0.25, 0.3) is 0 Å². The van der Waals surface area contributed by atoms with E-state index in [2.05, 4.69) is 62.5 Å². The number of carbonyl (C=O) groups is 2. The quantitative estimate of drug-likeness (QED) is 0.0291. The van der Waals surface area contributed by atoms with Crippen LogP contribution in [0.15, 0.2) is 48.6 Å². The van der Waals surface area contributed by atoms with Crippen LogP contribution in [-0.4, -0.2) is 49.3 Å². The Bertz CT molecular complexity index is 934. The van der Waals surface area contributed by atoms with Crippen LogP contribution in [0.3, 0.4) is 0 Å². The third-order valence-corrected chi connectivity index (χ3v) is 8.46. The Morgan fingerprint density at radius 3 is 1.71 bits per heavy atom. The molecular formula is C38H68NO8P. The Kier molecular flexibility index (Phi) is 33.3. The van der Waals surface area contributed by atoms with Crippen molar-refractivity contribution in [1.29, 1.82) is 0 Å². The number of unbranched alkanes of at least 4 members (excludes halogenated alkanes) is 13. The molecule has 2 unspecified atom stereocenters. The van der Waals surface area contributed by atoms with E-state index < -0.39 is 32.5 Å². The zero-order valence-corrected chi connectivity index (χ0v) is 31.1. The number of carbonyl (C=O) groups excluding carboxylic acids is 2. The topological polar surface area (TPSA) is 134 Å². The van der Waals surface area contributed by atoms with Crippen molar-refractivity contribution in [2.24, 2.45) is 5.73 Å². The fraction of sp³-hybridized carbons (Fsp3) is 0.737. The van der Waals surface area contributed by atoms with Crippen LogP contribution in [0.5, 0.6) is 0 Å². The summed E-state index contributed by atoms with van der Waals surface area (Å²) in [4.78, 5) is 34.6. The van der Waals surface area contributed by atoms with Gasteiger partial charge in [0.05, 0.1) is 13.2 Å². The molecule has 0 aliphatic carbocycles. The van der Waals surface area contributed by atoms with Gasteiger partial charge >= 0.3 is 19.8 Å². The summed E-state index contributed by atoms with van der Waals surface area (Å²) in [6.45, 7) is 3.54. The van der Waals surface area contributed by atoms with Crippen LogP contribution >= 0.6 is 7.82 Å². The van der Waals surface area contributed by atoms with Gasteiger partial charge in [-0.25, -0.2) is 4.57 Å². The lowest BCUT2D eigenvalue weighted by atomic mass is 10.0. The van der Waals surface area contributed by atoms with Gasteiger partial charge in [-0.1, -0.05) is 133 Å². The summed E-state index contributed by atoms with van der Waals surface area (Å²) >= 11 is 0. The molecule has 0 fully saturated rings. The van der Waals surface area contributed by atoms with Crippen molar-refractivity contribution in [3.8, 4) is 0 Å². The highest BCUT2D eigenvalue weighted by Crippen LogP contribution is 2.43. The molecule has 0 aliphatic rings. The van der Waals surface area contributed by atoms with Gasteiger partial charge in [0.15, 0.2) is 6.10 Å². The zero-order valence-electron chi connectivity index (χ0n) is 30.2. The van der Waals surface area contributed by atoms with Crippen molar-refractivity contribution in [3.05, 3.63) is 48.6 Å². The third kappa shape index (κ3) is 33.9. The lowest BCUT2D eigenvalue weighted by Crippen LogP contribution is -2.29. The van der Waals surface area contributed by atoms with Crippen LogP contribution < -0.4 is 5.73 Å². The van der Waals surface area contributed by atoms with Crippen LogP contribution in [0, 0.1) is 0 Å². The first-order valence-electron chi connectivity index (χ1n) is 18.6. The van der Waals surface area contributed by atoms with E-state index >= 15 is 0 Å². The number of nitrogens with two attached hydrogens (primary N) is 1. The van der Waals surface area contributed by atoms with Crippen molar-refractivity contribution in [2.45, 2.75) is 155 Å². The molecule has 278 valence electrons. The van der Waals surface area contributed by atoms with Crippen LogP contribution in [0.1, 0.15) is 149 Å². The number of phosphoric acid groups is 1. The molecule has 0 aromatic heterocycles. The Labute approximate surface area is 292 Å². The Morgan fingerprint density at radius 1 is 0.646 bits per heavy atom. The predicted octanol–water partition coefficient (Wildman–Crippen LogP) is 9.99. The SMILES string of the molecule is CCC=CCC=CCC=CCC=CCCCCC(=O)OC(COC(=O)CCCCCCCCCCCCCC)COP(=O)(O)OCCN. The van der Waals surface area contributed by atoms with Gasteiger partial charge in [-0.15, -0.1) is 0 Å². The summed E-state index contributed by atoms with van der Waals surface area (Å²) < 4.78 is 32.6. The molecule has 0 saturated carbocycles. The van der Waals surface area contributed by atoms with E-state index in [0.717, 1.165) is 57.8 Å². The van der Waals surface area contributed by atoms with E-state index in [9.17, 15) is 19.0 Å². The van der Waals surface area contributed by atoms with E-state index in [1.165, 1.54) is 57.8 Å². The number of phosphoric ester groups is 1. The molecular weight excluding hydrogens is 629 g/mol. The zero-order chi connectivity index (χ0) is 35.4. The van der Waals surface area contributed by atoms with Crippen molar-refractivity contribution in [3.63, 3.8) is 0 Å². The lowest BCUT2D eigenvalue weighted by Gasteiger charge is -2.19. The molecule has 3 N–H and O–H groups in total. The normalized spacial score (nSPS) is 14.0. The molecule has 0 aliphatic heterocycles. The van der Waals surface area contributed by atoms with Crippen LogP contribution in [0.2, 0.25) is 0 Å². The van der Waals surface area contributed by atoms with Gasteiger partial charge in [-0.05, 0) is 51.4 Å². The van der Waals surface area contributed by atoms with E-state index in [0.29, 0.717) is 6.42 Å². The van der Waals surface area contributed by atoms with Crippen LogP contribution in [0.4, 0.5) is 0 Å². The number of esters is 2. The summed E-state index contributed by atoms with van der Waals surface area (Å²) in [5.41, 5.74) is 5.32. The molecule has 0 spiro atoms. The molecule has 0 aromatic carbocycles. The molecule has 48 heavy (non-hydrogen) atoms. The van der Waals surface area contributed by atoms with Gasteiger partial charge in [0.2, 0.25) is 0 Å². The molecule has 2 atom stereocenters. The first-order valence-corrected chi connectivity index (χ1v) is 20.1. The predicted molar refractivity (Wildman–Crippen MR) is 196 cm³/mol. The number of hydrogen-bond acceptors (Lipinski definition) is 8. The van der Waals surface area contributed by atoms with E-state index in [4.69, 9.17) is 24.3 Å². The molecule has 0 amide bonds. The highest BCUT2D eigenvalue weighted by molar-refractivity contribution is 7.47. The van der Waals surface area contributed by atoms with Gasteiger partial charge < -0.3 is 20.1 Å². The average Bonchev–Trinajstić information content (AvgIpc) is 3.07. The molecule has 0 saturated heterocycles. The maximum absolute atomic E-state index is 12.5. The number of allylic oxidation sites excluding steroid dienone is 8. The first-order chi connectivity index (χ1) is 23.3. The molecule has 0 radical (unpaired) electrons.